The first kappa shape index (κ1) is 32.7. The number of rotatable bonds is 11. The Hall–Kier alpha value is -4.55. The summed E-state index contributed by atoms with van der Waals surface area (Å²) in [7, 11) is -3.67. The maximum Gasteiger partial charge on any atom is 0.336 e. The third kappa shape index (κ3) is 10.9. The van der Waals surface area contributed by atoms with Crippen molar-refractivity contribution in [3.8, 4) is 11.1 Å². The highest BCUT2D eigenvalue weighted by Crippen LogP contribution is 2.29. The molecule has 0 atom stereocenters. The minimum Gasteiger partial charge on any atom is -0.478 e. The summed E-state index contributed by atoms with van der Waals surface area (Å²) in [5.41, 5.74) is 7.73. The lowest BCUT2D eigenvalue weighted by molar-refractivity contribution is 0.0697. The van der Waals surface area contributed by atoms with Gasteiger partial charge in [-0.25, -0.2) is 4.79 Å². The first-order chi connectivity index (χ1) is 19.3. The first-order valence-corrected chi connectivity index (χ1v) is 14.6. The molecule has 3 aromatic rings. The van der Waals surface area contributed by atoms with Gasteiger partial charge in [0.25, 0.3) is 21.9 Å². The molecule has 0 spiro atoms. The summed E-state index contributed by atoms with van der Waals surface area (Å²) in [6, 6.07) is 17.7. The molecule has 0 saturated heterocycles. The second-order valence-electron chi connectivity index (χ2n) is 9.11. The van der Waals surface area contributed by atoms with Gasteiger partial charge in [0.1, 0.15) is 5.84 Å². The lowest BCUT2D eigenvalue weighted by atomic mass is 9.93. The molecule has 3 aromatic carbocycles. The van der Waals surface area contributed by atoms with E-state index in [4.69, 9.17) is 15.7 Å². The van der Waals surface area contributed by atoms with Crippen LogP contribution in [0.4, 0.5) is 5.69 Å². The Bertz CT molecular complexity index is 1500. The fraction of sp³-hybridized carbons (Fsp3) is 0.241. The number of amides is 2. The van der Waals surface area contributed by atoms with Gasteiger partial charge in [0.05, 0.1) is 11.8 Å². The molecule has 0 aliphatic carbocycles. The van der Waals surface area contributed by atoms with Gasteiger partial charge in [-0.3, -0.25) is 19.6 Å². The number of anilines is 1. The number of nitrogen functional groups attached to an aromatic ring is 1. The van der Waals surface area contributed by atoms with E-state index in [1.165, 1.54) is 6.07 Å². The number of nitrogens with one attached hydrogen (secondary N) is 3. The van der Waals surface area contributed by atoms with Crippen LogP contribution in [0.25, 0.3) is 11.1 Å². The standard InChI is InChI=1S/C28H30N4O4.CH4O3S/c1-2-3-4-7-16-31-26(33)19-12-15-22(24(17-19)28(35)36)21-8-5-6-9-23(21)27(34)32-20-13-10-18(11-14-20)25(29)30;1-5(2,3)4/h5-6,8-15,17H,2-4,7,16H2,1H3,(H3,29,30)(H,31,33)(H,32,34)(H,35,36);1H3,(H,2,3,4). The molecular formula is C29H34N4O7S. The highest BCUT2D eigenvalue weighted by Gasteiger charge is 2.20. The second-order valence-corrected chi connectivity index (χ2v) is 10.6. The van der Waals surface area contributed by atoms with Crippen LogP contribution in [0.2, 0.25) is 0 Å². The maximum atomic E-state index is 13.1. The van der Waals surface area contributed by atoms with E-state index in [1.54, 1.807) is 60.7 Å². The molecule has 0 bridgehead atoms. The second kappa shape index (κ2) is 15.3. The molecular weight excluding hydrogens is 548 g/mol. The average molecular weight is 583 g/mol. The van der Waals surface area contributed by atoms with E-state index in [0.29, 0.717) is 35.2 Å². The molecule has 11 nitrogen and oxygen atoms in total. The lowest BCUT2D eigenvalue weighted by Gasteiger charge is -2.14. The molecule has 0 saturated carbocycles. The Morgan fingerprint density at radius 3 is 2.02 bits per heavy atom. The zero-order chi connectivity index (χ0) is 30.6. The number of carbonyl (C=O) groups is 3. The van der Waals surface area contributed by atoms with Crippen LogP contribution < -0.4 is 16.4 Å². The number of carbonyl (C=O) groups excluding carboxylic acids is 2. The monoisotopic (exact) mass is 582 g/mol. The van der Waals surface area contributed by atoms with Crippen molar-refractivity contribution >= 4 is 39.4 Å². The summed E-state index contributed by atoms with van der Waals surface area (Å²) in [4.78, 5) is 37.7. The van der Waals surface area contributed by atoms with Crippen molar-refractivity contribution in [3.05, 3.63) is 89.0 Å². The van der Waals surface area contributed by atoms with E-state index in [1.807, 2.05) is 0 Å². The van der Waals surface area contributed by atoms with Crippen LogP contribution in [0.15, 0.2) is 66.7 Å². The smallest absolute Gasteiger partial charge is 0.336 e. The van der Waals surface area contributed by atoms with Crippen LogP contribution >= 0.6 is 0 Å². The molecule has 2 amide bonds. The van der Waals surface area contributed by atoms with Gasteiger partial charge in [-0.15, -0.1) is 0 Å². The number of carboxylic acid groups (broad SMARTS) is 1. The van der Waals surface area contributed by atoms with Gasteiger partial charge in [0.15, 0.2) is 0 Å². The van der Waals surface area contributed by atoms with Gasteiger partial charge in [-0.1, -0.05) is 50.5 Å². The van der Waals surface area contributed by atoms with Gasteiger partial charge in [0.2, 0.25) is 0 Å². The first-order valence-electron chi connectivity index (χ1n) is 12.7. The largest absolute Gasteiger partial charge is 0.478 e. The van der Waals surface area contributed by atoms with Crippen molar-refractivity contribution in [2.75, 3.05) is 18.1 Å². The number of amidine groups is 1. The molecule has 0 aliphatic heterocycles. The topological polar surface area (TPSA) is 200 Å². The number of aromatic carboxylic acids is 1. The molecule has 0 fully saturated rings. The fourth-order valence-corrected chi connectivity index (χ4v) is 3.80. The predicted octanol–water partition coefficient (Wildman–Crippen LogP) is 4.40. The molecule has 0 radical (unpaired) electrons. The van der Waals surface area contributed by atoms with E-state index in [9.17, 15) is 27.9 Å². The highest BCUT2D eigenvalue weighted by atomic mass is 32.2. The van der Waals surface area contributed by atoms with Gasteiger partial charge in [-0.2, -0.15) is 8.42 Å². The Morgan fingerprint density at radius 1 is 0.854 bits per heavy atom. The van der Waals surface area contributed by atoms with E-state index in [-0.39, 0.29) is 28.4 Å². The molecule has 0 aromatic heterocycles. The summed E-state index contributed by atoms with van der Waals surface area (Å²) in [5, 5.41) is 23.0. The Kier molecular flexibility index (Phi) is 12.2. The van der Waals surface area contributed by atoms with Crippen LogP contribution in [0.3, 0.4) is 0 Å². The van der Waals surface area contributed by atoms with Crippen LogP contribution in [0.5, 0.6) is 0 Å². The van der Waals surface area contributed by atoms with Gasteiger partial charge >= 0.3 is 5.97 Å². The minimum absolute atomic E-state index is 0.0697. The van der Waals surface area contributed by atoms with Crippen LogP contribution in [-0.4, -0.2) is 54.5 Å². The third-order valence-electron chi connectivity index (χ3n) is 5.74. The van der Waals surface area contributed by atoms with Crippen molar-refractivity contribution in [1.82, 2.24) is 5.32 Å². The van der Waals surface area contributed by atoms with Crippen LogP contribution in [-0.2, 0) is 10.1 Å². The molecule has 41 heavy (non-hydrogen) atoms. The molecule has 0 heterocycles. The van der Waals surface area contributed by atoms with Crippen molar-refractivity contribution in [2.45, 2.75) is 32.6 Å². The minimum atomic E-state index is -3.67. The molecule has 3 rings (SSSR count). The van der Waals surface area contributed by atoms with Crippen molar-refractivity contribution in [3.63, 3.8) is 0 Å². The molecule has 0 aliphatic rings. The van der Waals surface area contributed by atoms with Crippen molar-refractivity contribution < 1.29 is 32.5 Å². The Labute approximate surface area is 239 Å². The number of hydrogen-bond donors (Lipinski definition) is 6. The third-order valence-corrected chi connectivity index (χ3v) is 5.74. The van der Waals surface area contributed by atoms with Crippen molar-refractivity contribution in [1.29, 1.82) is 5.41 Å². The zero-order valence-corrected chi connectivity index (χ0v) is 23.6. The summed E-state index contributed by atoms with van der Waals surface area (Å²) < 4.78 is 25.9. The number of hydrogen-bond acceptors (Lipinski definition) is 6. The quantitative estimate of drug-likeness (QED) is 0.0826. The fourth-order valence-electron chi connectivity index (χ4n) is 3.80. The van der Waals surface area contributed by atoms with Gasteiger partial charge in [-0.05, 0) is 60.0 Å². The summed E-state index contributed by atoms with van der Waals surface area (Å²) in [6.45, 7) is 2.64. The maximum absolute atomic E-state index is 13.1. The number of benzene rings is 3. The Morgan fingerprint density at radius 2 is 1.44 bits per heavy atom. The molecule has 0 unspecified atom stereocenters. The average Bonchev–Trinajstić information content (AvgIpc) is 2.91. The summed E-state index contributed by atoms with van der Waals surface area (Å²) in [6.07, 6.45) is 4.81. The molecule has 7 N–H and O–H groups in total. The predicted molar refractivity (Wildman–Crippen MR) is 158 cm³/mol. The normalized spacial score (nSPS) is 10.6. The van der Waals surface area contributed by atoms with Crippen LogP contribution in [0.1, 0.15) is 69.2 Å². The van der Waals surface area contributed by atoms with E-state index in [0.717, 1.165) is 25.7 Å². The molecule has 12 heteroatoms. The lowest BCUT2D eigenvalue weighted by Crippen LogP contribution is -2.24. The van der Waals surface area contributed by atoms with E-state index in [2.05, 4.69) is 17.6 Å². The SMILES string of the molecule is CCCCCCNC(=O)c1ccc(-c2ccccc2C(=O)Nc2ccc(C(=N)N)cc2)c(C(=O)O)c1.CS(=O)(=O)O. The molecule has 218 valence electrons. The Balaban J connectivity index is 0.00000108. The van der Waals surface area contributed by atoms with E-state index >= 15 is 0 Å². The number of unbranched alkanes of at least 4 members (excludes halogenated alkanes) is 3. The van der Waals surface area contributed by atoms with Crippen molar-refractivity contribution in [2.24, 2.45) is 5.73 Å². The summed E-state index contributed by atoms with van der Waals surface area (Å²) in [5.74, 6) is -2.03. The van der Waals surface area contributed by atoms with Crippen LogP contribution in [0, 0.1) is 5.41 Å². The highest BCUT2D eigenvalue weighted by molar-refractivity contribution is 7.85. The van der Waals surface area contributed by atoms with Gasteiger partial charge in [0, 0.05) is 28.9 Å². The van der Waals surface area contributed by atoms with Gasteiger partial charge < -0.3 is 21.5 Å². The van der Waals surface area contributed by atoms with E-state index < -0.39 is 22.0 Å². The number of nitrogens with two attached hydrogens (primary N) is 1. The number of carboxylic acids is 1. The zero-order valence-electron chi connectivity index (χ0n) is 22.8. The summed E-state index contributed by atoms with van der Waals surface area (Å²) >= 11 is 0.